The maximum Gasteiger partial charge on any atom is 0.323 e. The summed E-state index contributed by atoms with van der Waals surface area (Å²) in [6.07, 6.45) is 8.89. The van der Waals surface area contributed by atoms with Crippen LogP contribution in [0.5, 0.6) is 0 Å². The Balaban J connectivity index is 2.35. The second-order valence-corrected chi connectivity index (χ2v) is 5.50. The minimum absolute atomic E-state index is 0.359. The van der Waals surface area contributed by atoms with Crippen LogP contribution in [0.3, 0.4) is 0 Å². The zero-order valence-corrected chi connectivity index (χ0v) is 12.0. The Morgan fingerprint density at radius 3 is 2.26 bits per heavy atom. The summed E-state index contributed by atoms with van der Waals surface area (Å²) in [4.78, 5) is 23.4. The average Bonchev–Trinajstić information content (AvgIpc) is 2.43. The van der Waals surface area contributed by atoms with Crippen molar-refractivity contribution in [3.05, 3.63) is 0 Å². The first-order valence-corrected chi connectivity index (χ1v) is 7.54. The molecule has 0 aromatic rings. The van der Waals surface area contributed by atoms with Gasteiger partial charge in [0.25, 0.3) is 0 Å². The molecule has 0 saturated heterocycles. The minimum atomic E-state index is -1.26. The molecule has 0 bridgehead atoms. The smallest absolute Gasteiger partial charge is 0.323 e. The number of carbonyl (C=O) groups excluding carboxylic acids is 1. The van der Waals surface area contributed by atoms with Gasteiger partial charge in [-0.25, -0.2) is 0 Å². The van der Waals surface area contributed by atoms with Gasteiger partial charge in [-0.15, -0.1) is 0 Å². The van der Waals surface area contributed by atoms with Gasteiger partial charge in [0.1, 0.15) is 0 Å². The molecule has 4 heteroatoms. The number of rotatable bonds is 8. The number of aliphatic carboxylic acids is 1. The highest BCUT2D eigenvalue weighted by Crippen LogP contribution is 2.37. The zero-order chi connectivity index (χ0) is 14.1. The van der Waals surface area contributed by atoms with Gasteiger partial charge in [0.2, 0.25) is 0 Å². The van der Waals surface area contributed by atoms with Gasteiger partial charge < -0.3 is 9.84 Å². The van der Waals surface area contributed by atoms with Crippen molar-refractivity contribution in [2.45, 2.75) is 71.1 Å². The Labute approximate surface area is 115 Å². The number of carbonyl (C=O) groups is 2. The van der Waals surface area contributed by atoms with Crippen LogP contribution in [-0.2, 0) is 14.3 Å². The van der Waals surface area contributed by atoms with Crippen molar-refractivity contribution in [3.63, 3.8) is 0 Å². The van der Waals surface area contributed by atoms with E-state index in [9.17, 15) is 14.7 Å². The fraction of sp³-hybridized carbons (Fsp3) is 0.867. The van der Waals surface area contributed by atoms with Gasteiger partial charge in [-0.3, -0.25) is 9.59 Å². The van der Waals surface area contributed by atoms with E-state index in [-0.39, 0.29) is 0 Å². The number of unbranched alkanes of at least 4 members (excludes halogenated alkanes) is 4. The Morgan fingerprint density at radius 1 is 1.05 bits per heavy atom. The second kappa shape index (κ2) is 8.18. The second-order valence-electron chi connectivity index (χ2n) is 5.50. The monoisotopic (exact) mass is 270 g/mol. The number of carboxylic acids is 1. The predicted octanol–water partition coefficient (Wildman–Crippen LogP) is 3.54. The van der Waals surface area contributed by atoms with E-state index < -0.39 is 17.4 Å². The molecule has 4 nitrogen and oxygen atoms in total. The summed E-state index contributed by atoms with van der Waals surface area (Å²) in [6.45, 7) is 2.51. The van der Waals surface area contributed by atoms with Crippen LogP contribution in [-0.4, -0.2) is 23.7 Å². The van der Waals surface area contributed by atoms with Crippen LogP contribution in [0.4, 0.5) is 0 Å². The number of esters is 1. The Morgan fingerprint density at radius 2 is 1.68 bits per heavy atom. The highest BCUT2D eigenvalue weighted by molar-refractivity contribution is 5.99. The molecule has 0 radical (unpaired) electrons. The summed E-state index contributed by atoms with van der Waals surface area (Å²) in [5.41, 5.74) is -1.26. The molecule has 0 unspecified atom stereocenters. The standard InChI is InChI=1S/C15H26O4/c1-2-3-4-5-9-12-19-14(18)15(13(16)17)10-7-6-8-11-15/h2-12H2,1H3,(H,16,17). The number of hydrogen-bond acceptors (Lipinski definition) is 3. The van der Waals surface area contributed by atoms with Gasteiger partial charge in [-0.1, -0.05) is 51.9 Å². The van der Waals surface area contributed by atoms with Crippen molar-refractivity contribution in [1.29, 1.82) is 0 Å². The lowest BCUT2D eigenvalue weighted by Crippen LogP contribution is -2.42. The summed E-state index contributed by atoms with van der Waals surface area (Å²) >= 11 is 0. The molecule has 0 atom stereocenters. The Hall–Kier alpha value is -1.06. The molecule has 1 saturated carbocycles. The molecule has 1 N–H and O–H groups in total. The van der Waals surface area contributed by atoms with E-state index in [1.165, 1.54) is 12.8 Å². The zero-order valence-electron chi connectivity index (χ0n) is 12.0. The molecule has 1 aliphatic rings. The molecule has 0 aromatic heterocycles. The quantitative estimate of drug-likeness (QED) is 0.416. The molecule has 19 heavy (non-hydrogen) atoms. The molecule has 1 rings (SSSR count). The fourth-order valence-electron chi connectivity index (χ4n) is 2.67. The normalized spacial score (nSPS) is 17.9. The van der Waals surface area contributed by atoms with Crippen molar-refractivity contribution in [2.24, 2.45) is 5.41 Å². The van der Waals surface area contributed by atoms with Gasteiger partial charge in [-0.05, 0) is 19.3 Å². The van der Waals surface area contributed by atoms with Gasteiger partial charge in [0.15, 0.2) is 5.41 Å². The first kappa shape index (κ1) is 16.0. The average molecular weight is 270 g/mol. The van der Waals surface area contributed by atoms with Crippen LogP contribution in [0.1, 0.15) is 71.1 Å². The first-order chi connectivity index (χ1) is 9.13. The van der Waals surface area contributed by atoms with E-state index in [4.69, 9.17) is 4.74 Å². The lowest BCUT2D eigenvalue weighted by Gasteiger charge is -2.30. The summed E-state index contributed by atoms with van der Waals surface area (Å²) in [6, 6.07) is 0. The number of carboxylic acid groups (broad SMARTS) is 1. The lowest BCUT2D eigenvalue weighted by atomic mass is 9.74. The summed E-state index contributed by atoms with van der Waals surface area (Å²) in [5.74, 6) is -1.53. The first-order valence-electron chi connectivity index (χ1n) is 7.54. The van der Waals surface area contributed by atoms with Crippen LogP contribution in [0.25, 0.3) is 0 Å². The van der Waals surface area contributed by atoms with E-state index in [2.05, 4.69) is 6.92 Å². The molecule has 0 aromatic carbocycles. The van der Waals surface area contributed by atoms with Crippen LogP contribution >= 0.6 is 0 Å². The van der Waals surface area contributed by atoms with E-state index in [1.54, 1.807) is 0 Å². The molecule has 1 aliphatic carbocycles. The highest BCUT2D eigenvalue weighted by atomic mass is 16.5. The number of ether oxygens (including phenoxy) is 1. The van der Waals surface area contributed by atoms with Crippen molar-refractivity contribution >= 4 is 11.9 Å². The van der Waals surface area contributed by atoms with Crippen molar-refractivity contribution in [2.75, 3.05) is 6.61 Å². The lowest BCUT2D eigenvalue weighted by molar-refractivity contribution is -0.171. The third-order valence-electron chi connectivity index (χ3n) is 3.99. The third-order valence-corrected chi connectivity index (χ3v) is 3.99. The SMILES string of the molecule is CCCCCCCOC(=O)C1(C(=O)O)CCCCC1. The molecule has 0 amide bonds. The minimum Gasteiger partial charge on any atom is -0.480 e. The van der Waals surface area contributed by atoms with Crippen LogP contribution < -0.4 is 0 Å². The molecule has 0 spiro atoms. The molecule has 0 aliphatic heterocycles. The van der Waals surface area contributed by atoms with Gasteiger partial charge in [-0.2, -0.15) is 0 Å². The number of hydrogen-bond donors (Lipinski definition) is 1. The molecule has 110 valence electrons. The Kier molecular flexibility index (Phi) is 6.89. The van der Waals surface area contributed by atoms with E-state index in [1.807, 2.05) is 0 Å². The van der Waals surface area contributed by atoms with Gasteiger partial charge in [0, 0.05) is 0 Å². The largest absolute Gasteiger partial charge is 0.480 e. The van der Waals surface area contributed by atoms with E-state index >= 15 is 0 Å². The van der Waals surface area contributed by atoms with Gasteiger partial charge >= 0.3 is 11.9 Å². The maximum atomic E-state index is 12.0. The molecule has 1 fully saturated rings. The van der Waals surface area contributed by atoms with Gasteiger partial charge in [0.05, 0.1) is 6.61 Å². The van der Waals surface area contributed by atoms with Crippen molar-refractivity contribution < 1.29 is 19.4 Å². The Bertz CT molecular complexity index is 293. The molecular weight excluding hydrogens is 244 g/mol. The maximum absolute atomic E-state index is 12.0. The highest BCUT2D eigenvalue weighted by Gasteiger charge is 2.48. The summed E-state index contributed by atoms with van der Waals surface area (Å²) in [5, 5.41) is 9.33. The topological polar surface area (TPSA) is 63.6 Å². The molecule has 0 heterocycles. The molecular formula is C15H26O4. The van der Waals surface area contributed by atoms with E-state index in [0.29, 0.717) is 19.4 Å². The van der Waals surface area contributed by atoms with Crippen LogP contribution in [0.15, 0.2) is 0 Å². The van der Waals surface area contributed by atoms with E-state index in [0.717, 1.165) is 38.5 Å². The summed E-state index contributed by atoms with van der Waals surface area (Å²) in [7, 11) is 0. The summed E-state index contributed by atoms with van der Waals surface area (Å²) < 4.78 is 5.21. The predicted molar refractivity (Wildman–Crippen MR) is 72.9 cm³/mol. The van der Waals surface area contributed by atoms with Crippen molar-refractivity contribution in [1.82, 2.24) is 0 Å². The van der Waals surface area contributed by atoms with Crippen molar-refractivity contribution in [3.8, 4) is 0 Å². The van der Waals surface area contributed by atoms with Crippen LogP contribution in [0, 0.1) is 5.41 Å². The third kappa shape index (κ3) is 4.51. The van der Waals surface area contributed by atoms with Crippen LogP contribution in [0.2, 0.25) is 0 Å². The fourth-order valence-corrected chi connectivity index (χ4v) is 2.67.